The van der Waals surface area contributed by atoms with E-state index in [1.807, 2.05) is 12.1 Å². The van der Waals surface area contributed by atoms with Crippen LogP contribution in [0.15, 0.2) is 18.2 Å². The number of benzene rings is 1. The van der Waals surface area contributed by atoms with E-state index in [9.17, 15) is 0 Å². The molecular formula is C11H10N2S. The van der Waals surface area contributed by atoms with Gasteiger partial charge in [0.25, 0.3) is 0 Å². The summed E-state index contributed by atoms with van der Waals surface area (Å²) in [6, 6.07) is 8.17. The summed E-state index contributed by atoms with van der Waals surface area (Å²) in [7, 11) is 0. The Balaban J connectivity index is 2.66. The Morgan fingerprint density at radius 3 is 2.93 bits per heavy atom. The van der Waals surface area contributed by atoms with Crippen molar-refractivity contribution in [2.75, 3.05) is 5.73 Å². The number of nitriles is 1. The first kappa shape index (κ1) is 9.04. The maximum absolute atomic E-state index is 8.60. The fourth-order valence-corrected chi connectivity index (χ4v) is 2.49. The molecule has 0 saturated heterocycles. The van der Waals surface area contributed by atoms with Crippen molar-refractivity contribution in [3.63, 3.8) is 0 Å². The van der Waals surface area contributed by atoms with Gasteiger partial charge in [-0.05, 0) is 36.1 Å². The number of nitrogens with zero attached hydrogens (tertiary/aromatic N) is 1. The first-order chi connectivity index (χ1) is 6.70. The minimum atomic E-state index is 0.426. The molecule has 2 aromatic rings. The van der Waals surface area contributed by atoms with Crippen LogP contribution >= 0.6 is 11.3 Å². The number of anilines is 1. The maximum atomic E-state index is 8.60. The van der Waals surface area contributed by atoms with E-state index in [0.717, 1.165) is 21.3 Å². The summed E-state index contributed by atoms with van der Waals surface area (Å²) in [5, 5.41) is 9.75. The molecule has 2 N–H and O–H groups in total. The van der Waals surface area contributed by atoms with Crippen LogP contribution in [0.1, 0.15) is 10.4 Å². The normalized spacial score (nSPS) is 10.3. The Morgan fingerprint density at radius 1 is 1.43 bits per heavy atom. The molecule has 70 valence electrons. The SMILES string of the molecule is Cc1cc2cc(CC#N)cc(N)c2s1. The van der Waals surface area contributed by atoms with Crippen molar-refractivity contribution in [3.8, 4) is 6.07 Å². The number of fused-ring (bicyclic) bond motifs is 1. The molecule has 2 nitrogen and oxygen atoms in total. The van der Waals surface area contributed by atoms with E-state index in [0.29, 0.717) is 6.42 Å². The fraction of sp³-hybridized carbons (Fsp3) is 0.182. The predicted octanol–water partition coefficient (Wildman–Crippen LogP) is 2.86. The van der Waals surface area contributed by atoms with Crippen LogP contribution in [-0.4, -0.2) is 0 Å². The lowest BCUT2D eigenvalue weighted by Crippen LogP contribution is -1.88. The monoisotopic (exact) mass is 202 g/mol. The highest BCUT2D eigenvalue weighted by atomic mass is 32.1. The highest BCUT2D eigenvalue weighted by Crippen LogP contribution is 2.31. The van der Waals surface area contributed by atoms with Crippen LogP contribution in [0.25, 0.3) is 10.1 Å². The van der Waals surface area contributed by atoms with E-state index in [1.54, 1.807) is 11.3 Å². The minimum Gasteiger partial charge on any atom is -0.398 e. The van der Waals surface area contributed by atoms with Crippen LogP contribution in [0.5, 0.6) is 0 Å². The van der Waals surface area contributed by atoms with Crippen molar-refractivity contribution in [1.82, 2.24) is 0 Å². The third-order valence-electron chi connectivity index (χ3n) is 2.11. The summed E-state index contributed by atoms with van der Waals surface area (Å²) in [4.78, 5) is 1.25. The zero-order chi connectivity index (χ0) is 10.1. The van der Waals surface area contributed by atoms with Crippen LogP contribution in [0.3, 0.4) is 0 Å². The van der Waals surface area contributed by atoms with Gasteiger partial charge in [0.2, 0.25) is 0 Å². The number of aryl methyl sites for hydroxylation is 1. The van der Waals surface area contributed by atoms with E-state index in [-0.39, 0.29) is 0 Å². The largest absolute Gasteiger partial charge is 0.398 e. The molecular weight excluding hydrogens is 192 g/mol. The van der Waals surface area contributed by atoms with Crippen molar-refractivity contribution < 1.29 is 0 Å². The van der Waals surface area contributed by atoms with Gasteiger partial charge < -0.3 is 5.73 Å². The van der Waals surface area contributed by atoms with Crippen molar-refractivity contribution in [2.45, 2.75) is 13.3 Å². The standard InChI is InChI=1S/C11H10N2S/c1-7-4-9-5-8(2-3-12)6-10(13)11(9)14-7/h4-6H,2,13H2,1H3. The van der Waals surface area contributed by atoms with Crippen LogP contribution in [0.2, 0.25) is 0 Å². The molecule has 3 heteroatoms. The third-order valence-corrected chi connectivity index (χ3v) is 3.23. The summed E-state index contributed by atoms with van der Waals surface area (Å²) >= 11 is 1.70. The Labute approximate surface area is 86.6 Å². The number of thiophene rings is 1. The predicted molar refractivity (Wildman–Crippen MR) is 60.3 cm³/mol. The second-order valence-electron chi connectivity index (χ2n) is 3.30. The molecule has 0 atom stereocenters. The zero-order valence-electron chi connectivity index (χ0n) is 7.87. The molecule has 0 aliphatic heterocycles. The fourth-order valence-electron chi connectivity index (χ4n) is 1.57. The second kappa shape index (κ2) is 3.32. The van der Waals surface area contributed by atoms with Crippen molar-refractivity contribution in [3.05, 3.63) is 28.6 Å². The van der Waals surface area contributed by atoms with Crippen LogP contribution in [0, 0.1) is 18.3 Å². The first-order valence-electron chi connectivity index (χ1n) is 4.36. The molecule has 0 radical (unpaired) electrons. The molecule has 0 fully saturated rings. The summed E-state index contributed by atoms with van der Waals surface area (Å²) < 4.78 is 1.13. The highest BCUT2D eigenvalue weighted by molar-refractivity contribution is 7.19. The quantitative estimate of drug-likeness (QED) is 0.723. The van der Waals surface area contributed by atoms with Gasteiger partial charge in [0.05, 0.1) is 17.2 Å². The van der Waals surface area contributed by atoms with Crippen molar-refractivity contribution in [1.29, 1.82) is 5.26 Å². The summed E-state index contributed by atoms with van der Waals surface area (Å²) in [6.07, 6.45) is 0.426. The Morgan fingerprint density at radius 2 is 2.21 bits per heavy atom. The Hall–Kier alpha value is -1.53. The molecule has 1 heterocycles. The minimum absolute atomic E-state index is 0.426. The van der Waals surface area contributed by atoms with E-state index in [4.69, 9.17) is 11.0 Å². The second-order valence-corrected chi connectivity index (χ2v) is 4.55. The molecule has 2 rings (SSSR count). The molecule has 0 unspecified atom stereocenters. The molecule has 0 aliphatic carbocycles. The van der Waals surface area contributed by atoms with Crippen LogP contribution in [0.4, 0.5) is 5.69 Å². The van der Waals surface area contributed by atoms with Gasteiger partial charge in [0, 0.05) is 10.6 Å². The van der Waals surface area contributed by atoms with E-state index in [1.165, 1.54) is 4.88 Å². The molecule has 0 spiro atoms. The molecule has 0 amide bonds. The number of nitrogen functional groups attached to an aromatic ring is 1. The number of rotatable bonds is 1. The van der Waals surface area contributed by atoms with E-state index < -0.39 is 0 Å². The third kappa shape index (κ3) is 1.45. The van der Waals surface area contributed by atoms with E-state index >= 15 is 0 Å². The smallest absolute Gasteiger partial charge is 0.0669 e. The lowest BCUT2D eigenvalue weighted by Gasteiger charge is -1.99. The van der Waals surface area contributed by atoms with Gasteiger partial charge in [-0.15, -0.1) is 11.3 Å². The van der Waals surface area contributed by atoms with Gasteiger partial charge in [0.15, 0.2) is 0 Å². The summed E-state index contributed by atoms with van der Waals surface area (Å²) in [5.41, 5.74) is 7.68. The summed E-state index contributed by atoms with van der Waals surface area (Å²) in [5.74, 6) is 0. The van der Waals surface area contributed by atoms with Gasteiger partial charge >= 0.3 is 0 Å². The van der Waals surface area contributed by atoms with Crippen molar-refractivity contribution >= 4 is 27.1 Å². The topological polar surface area (TPSA) is 49.8 Å². The zero-order valence-corrected chi connectivity index (χ0v) is 8.69. The maximum Gasteiger partial charge on any atom is 0.0669 e. The average Bonchev–Trinajstić information content (AvgIpc) is 2.47. The van der Waals surface area contributed by atoms with Crippen LogP contribution < -0.4 is 5.73 Å². The summed E-state index contributed by atoms with van der Waals surface area (Å²) in [6.45, 7) is 2.06. The van der Waals surface area contributed by atoms with Gasteiger partial charge in [0.1, 0.15) is 0 Å². The Bertz CT molecular complexity index is 520. The van der Waals surface area contributed by atoms with Crippen LogP contribution in [-0.2, 0) is 6.42 Å². The van der Waals surface area contributed by atoms with Gasteiger partial charge in [-0.2, -0.15) is 5.26 Å². The number of hydrogen-bond donors (Lipinski definition) is 1. The van der Waals surface area contributed by atoms with Gasteiger partial charge in [-0.1, -0.05) is 0 Å². The first-order valence-corrected chi connectivity index (χ1v) is 5.18. The molecule has 1 aromatic carbocycles. The van der Waals surface area contributed by atoms with Gasteiger partial charge in [-0.25, -0.2) is 0 Å². The molecule has 0 bridgehead atoms. The van der Waals surface area contributed by atoms with Crippen molar-refractivity contribution in [2.24, 2.45) is 0 Å². The molecule has 1 aromatic heterocycles. The highest BCUT2D eigenvalue weighted by Gasteiger charge is 2.04. The average molecular weight is 202 g/mol. The lowest BCUT2D eigenvalue weighted by molar-refractivity contribution is 1.27. The number of nitrogens with two attached hydrogens (primary N) is 1. The van der Waals surface area contributed by atoms with Gasteiger partial charge in [-0.3, -0.25) is 0 Å². The molecule has 0 saturated carbocycles. The molecule has 0 aliphatic rings. The Kier molecular flexibility index (Phi) is 2.14. The molecule has 14 heavy (non-hydrogen) atoms. The number of hydrogen-bond acceptors (Lipinski definition) is 3. The lowest BCUT2D eigenvalue weighted by atomic mass is 10.1. The van der Waals surface area contributed by atoms with E-state index in [2.05, 4.69) is 19.1 Å².